The molecule has 0 aliphatic carbocycles. The summed E-state index contributed by atoms with van der Waals surface area (Å²) >= 11 is 0. The number of carbonyl (C=O) groups is 1. The zero-order valence-corrected chi connectivity index (χ0v) is 19.7. The number of hydrogen-bond donors (Lipinski definition) is 1. The topological polar surface area (TPSA) is 127 Å². The molecule has 0 atom stereocenters. The van der Waals surface area contributed by atoms with E-state index in [4.69, 9.17) is 9.47 Å². The van der Waals surface area contributed by atoms with Crippen LogP contribution in [0.5, 0.6) is 5.88 Å². The lowest BCUT2D eigenvalue weighted by Crippen LogP contribution is -2.42. The van der Waals surface area contributed by atoms with Gasteiger partial charge in [0.05, 0.1) is 25.2 Å². The van der Waals surface area contributed by atoms with Gasteiger partial charge in [0.25, 0.3) is 0 Å². The van der Waals surface area contributed by atoms with E-state index >= 15 is 0 Å². The van der Waals surface area contributed by atoms with Gasteiger partial charge in [0.15, 0.2) is 20.7 Å². The number of hydrogen-bond acceptors (Lipinski definition) is 10. The predicted octanol–water partition coefficient (Wildman–Crippen LogP) is 2.43. The number of ether oxygens (including phenoxy) is 2. The van der Waals surface area contributed by atoms with Crippen LogP contribution in [0.15, 0.2) is 29.7 Å². The molecule has 2 aromatic rings. The summed E-state index contributed by atoms with van der Waals surface area (Å²) in [5, 5.41) is 3.27. The summed E-state index contributed by atoms with van der Waals surface area (Å²) in [6, 6.07) is 3.16. The van der Waals surface area contributed by atoms with E-state index in [-0.39, 0.29) is 17.2 Å². The number of rotatable bonds is 6. The van der Waals surface area contributed by atoms with E-state index in [1.807, 2.05) is 18.7 Å². The van der Waals surface area contributed by atoms with Gasteiger partial charge in [-0.2, -0.15) is 4.98 Å². The first-order chi connectivity index (χ1) is 15.7. The Labute approximate surface area is 193 Å². The lowest BCUT2D eigenvalue weighted by atomic mass is 10.1. The second kappa shape index (κ2) is 9.38. The van der Waals surface area contributed by atoms with Crippen LogP contribution < -0.4 is 15.0 Å². The van der Waals surface area contributed by atoms with Gasteiger partial charge in [0.1, 0.15) is 18.1 Å². The third-order valence-corrected chi connectivity index (χ3v) is 6.39. The van der Waals surface area contributed by atoms with Crippen LogP contribution in [-0.4, -0.2) is 73.1 Å². The van der Waals surface area contributed by atoms with Crippen molar-refractivity contribution in [2.45, 2.75) is 37.8 Å². The highest BCUT2D eigenvalue weighted by atomic mass is 32.2. The zero-order valence-electron chi connectivity index (χ0n) is 18.9. The summed E-state index contributed by atoms with van der Waals surface area (Å²) in [7, 11) is -3.37. The normalized spacial score (nSPS) is 16.5. The molecule has 0 saturated carbocycles. The lowest BCUT2D eigenvalue weighted by Gasteiger charge is -2.31. The highest BCUT2D eigenvalue weighted by molar-refractivity contribution is 7.90. The summed E-state index contributed by atoms with van der Waals surface area (Å²) in [6.07, 6.45) is 5.06. The number of piperidine rings is 1. The van der Waals surface area contributed by atoms with Crippen molar-refractivity contribution in [3.8, 4) is 5.88 Å². The first-order valence-corrected chi connectivity index (χ1v) is 12.7. The van der Waals surface area contributed by atoms with Crippen molar-refractivity contribution in [1.29, 1.82) is 0 Å². The molecule has 0 aromatic carbocycles. The first kappa shape index (κ1) is 23.0. The average molecular weight is 477 g/mol. The number of fused-ring (bicyclic) bond motifs is 1. The molecule has 2 aromatic heterocycles. The number of nitrogens with one attached hydrogen (secondary N) is 1. The molecule has 0 bridgehead atoms. The van der Waals surface area contributed by atoms with Crippen molar-refractivity contribution < 1.29 is 22.7 Å². The van der Waals surface area contributed by atoms with Gasteiger partial charge in [-0.05, 0) is 18.1 Å². The van der Waals surface area contributed by atoms with Crippen molar-refractivity contribution in [3.05, 3.63) is 24.7 Å². The largest absolute Gasteiger partial charge is 0.473 e. The Bertz CT molecular complexity index is 1100. The van der Waals surface area contributed by atoms with Gasteiger partial charge in [0, 0.05) is 32.2 Å². The molecule has 33 heavy (non-hydrogen) atoms. The van der Waals surface area contributed by atoms with Crippen molar-refractivity contribution in [2.75, 3.05) is 42.8 Å². The molecule has 0 radical (unpaired) electrons. The van der Waals surface area contributed by atoms with Gasteiger partial charge in [-0.1, -0.05) is 13.8 Å². The standard InChI is InChI=1S/C21H28N6O5S/c1-14(2)11-31-21(28)26-8-6-16(7-9-26)32-20-18-19(23-12-24-20)27(13-25-18)15-4-5-17(22-10-15)33(3,29)30/h4-5,10,12,14,16,25H,6-9,11,13H2,1-3H3. The van der Waals surface area contributed by atoms with Gasteiger partial charge < -0.3 is 24.6 Å². The predicted molar refractivity (Wildman–Crippen MR) is 121 cm³/mol. The number of nitrogens with zero attached hydrogens (tertiary/aromatic N) is 5. The Balaban J connectivity index is 1.40. The summed E-state index contributed by atoms with van der Waals surface area (Å²) in [4.78, 5) is 28.5. The Kier molecular flexibility index (Phi) is 6.54. The molecule has 178 valence electrons. The monoisotopic (exact) mass is 476 g/mol. The number of amides is 1. The van der Waals surface area contributed by atoms with E-state index in [2.05, 4.69) is 20.3 Å². The van der Waals surface area contributed by atoms with E-state index < -0.39 is 9.84 Å². The molecule has 4 heterocycles. The SMILES string of the molecule is CC(C)COC(=O)N1CCC(Oc2ncnc3c2NCN3c2ccc(S(C)(=O)=O)nc2)CC1. The van der Waals surface area contributed by atoms with Crippen LogP contribution in [0, 0.1) is 5.92 Å². The summed E-state index contributed by atoms with van der Waals surface area (Å²) in [6.45, 7) is 5.97. The molecule has 1 saturated heterocycles. The minimum Gasteiger partial charge on any atom is -0.473 e. The first-order valence-electron chi connectivity index (χ1n) is 10.8. The van der Waals surface area contributed by atoms with Gasteiger partial charge in [-0.15, -0.1) is 0 Å². The molecule has 1 amide bonds. The zero-order chi connectivity index (χ0) is 23.6. The van der Waals surface area contributed by atoms with Gasteiger partial charge in [-0.25, -0.2) is 23.2 Å². The van der Waals surface area contributed by atoms with Crippen LogP contribution in [-0.2, 0) is 14.6 Å². The minimum absolute atomic E-state index is 0.0183. The molecular formula is C21H28N6O5S. The Hall–Kier alpha value is -3.15. The van der Waals surface area contributed by atoms with Crippen LogP contribution in [0.2, 0.25) is 0 Å². The molecule has 0 spiro atoms. The summed E-state index contributed by atoms with van der Waals surface area (Å²) < 4.78 is 34.8. The third kappa shape index (κ3) is 5.27. The van der Waals surface area contributed by atoms with Crippen LogP contribution in [0.25, 0.3) is 0 Å². The maximum Gasteiger partial charge on any atom is 0.409 e. The number of carbonyl (C=O) groups excluding carboxylic acids is 1. The second-order valence-corrected chi connectivity index (χ2v) is 10.5. The van der Waals surface area contributed by atoms with Crippen molar-refractivity contribution in [1.82, 2.24) is 19.9 Å². The van der Waals surface area contributed by atoms with E-state index in [1.165, 1.54) is 18.6 Å². The molecule has 0 unspecified atom stereocenters. The van der Waals surface area contributed by atoms with Crippen molar-refractivity contribution in [2.24, 2.45) is 5.92 Å². The Morgan fingerprint density at radius 1 is 1.21 bits per heavy atom. The quantitative estimate of drug-likeness (QED) is 0.664. The fourth-order valence-corrected chi connectivity index (χ4v) is 4.21. The van der Waals surface area contributed by atoms with Crippen LogP contribution in [0.1, 0.15) is 26.7 Å². The van der Waals surface area contributed by atoms with Crippen LogP contribution in [0.3, 0.4) is 0 Å². The molecule has 2 aliphatic rings. The van der Waals surface area contributed by atoms with E-state index in [0.717, 1.165) is 6.26 Å². The molecule has 11 nitrogen and oxygen atoms in total. The molecule has 1 fully saturated rings. The highest BCUT2D eigenvalue weighted by Crippen LogP contribution is 2.40. The smallest absolute Gasteiger partial charge is 0.409 e. The van der Waals surface area contributed by atoms with E-state index in [9.17, 15) is 13.2 Å². The fourth-order valence-electron chi connectivity index (χ4n) is 3.65. The molecule has 1 N–H and O–H groups in total. The van der Waals surface area contributed by atoms with Gasteiger partial charge in [0.2, 0.25) is 5.88 Å². The Morgan fingerprint density at radius 2 is 1.97 bits per heavy atom. The summed E-state index contributed by atoms with van der Waals surface area (Å²) in [5.41, 5.74) is 1.37. The maximum atomic E-state index is 12.2. The number of sulfone groups is 1. The molecular weight excluding hydrogens is 448 g/mol. The van der Waals surface area contributed by atoms with Crippen LogP contribution in [0.4, 0.5) is 22.0 Å². The van der Waals surface area contributed by atoms with Crippen LogP contribution >= 0.6 is 0 Å². The third-order valence-electron chi connectivity index (χ3n) is 5.39. The number of pyridine rings is 1. The minimum atomic E-state index is -3.37. The Morgan fingerprint density at radius 3 is 2.61 bits per heavy atom. The van der Waals surface area contributed by atoms with Crippen molar-refractivity contribution >= 4 is 33.1 Å². The van der Waals surface area contributed by atoms with Crippen molar-refractivity contribution in [3.63, 3.8) is 0 Å². The highest BCUT2D eigenvalue weighted by Gasteiger charge is 2.30. The number of anilines is 3. The van der Waals surface area contributed by atoms with Gasteiger partial charge in [-0.3, -0.25) is 0 Å². The molecule has 2 aliphatic heterocycles. The lowest BCUT2D eigenvalue weighted by molar-refractivity contribution is 0.0608. The van der Waals surface area contributed by atoms with E-state index in [1.54, 1.807) is 11.0 Å². The molecule has 4 rings (SSSR count). The maximum absolute atomic E-state index is 12.2. The second-order valence-electron chi connectivity index (χ2n) is 8.54. The summed E-state index contributed by atoms with van der Waals surface area (Å²) in [5.74, 6) is 1.38. The average Bonchev–Trinajstić information content (AvgIpc) is 3.23. The number of likely N-dealkylation sites (tertiary alicyclic amines) is 1. The van der Waals surface area contributed by atoms with E-state index in [0.29, 0.717) is 68.2 Å². The fraction of sp³-hybridized carbons (Fsp3) is 0.524. The molecule has 12 heteroatoms. The number of aromatic nitrogens is 3. The van der Waals surface area contributed by atoms with Gasteiger partial charge >= 0.3 is 6.09 Å².